The van der Waals surface area contributed by atoms with Crippen molar-refractivity contribution in [1.82, 2.24) is 5.32 Å². The van der Waals surface area contributed by atoms with Gasteiger partial charge in [0.2, 0.25) is 0 Å². The van der Waals surface area contributed by atoms with Crippen LogP contribution in [-0.2, 0) is 29.4 Å². The second kappa shape index (κ2) is 18.7. The second-order valence-electron chi connectivity index (χ2n) is 12.4. The molecule has 266 valence electrons. The molecule has 1 aliphatic carbocycles. The third kappa shape index (κ3) is 11.3. The second-order valence-corrected chi connectivity index (χ2v) is 17.9. The SMILES string of the molecule is CCCCC[C@H](O)/C=C/[C@@H]1[C@@H](C/C=C\CCCC(=O)OCCC=NS(=O)(=O)c2cc3c(s2)S(=O)(=O)[C@@H](C)C[C@@H]3NCC)[C@@H](O)C[C@H]1O. The van der Waals surface area contributed by atoms with E-state index < -0.39 is 49.4 Å². The van der Waals surface area contributed by atoms with E-state index >= 15 is 0 Å². The summed E-state index contributed by atoms with van der Waals surface area (Å²) in [7, 11) is -7.72. The molecule has 2 heterocycles. The maximum Gasteiger partial charge on any atom is 0.305 e. The van der Waals surface area contributed by atoms with Crippen LogP contribution >= 0.6 is 11.3 Å². The van der Waals surface area contributed by atoms with Crippen LogP contribution in [-0.4, -0.2) is 81.1 Å². The first-order valence-corrected chi connectivity index (χ1v) is 20.5. The van der Waals surface area contributed by atoms with Crippen LogP contribution in [0.5, 0.6) is 0 Å². The topological polar surface area (TPSA) is 180 Å². The van der Waals surface area contributed by atoms with Crippen LogP contribution in [0, 0.1) is 11.8 Å². The zero-order valence-electron chi connectivity index (χ0n) is 27.7. The van der Waals surface area contributed by atoms with Gasteiger partial charge in [0, 0.05) is 43.0 Å². The van der Waals surface area contributed by atoms with E-state index in [1.165, 1.54) is 6.07 Å². The fraction of sp³-hybridized carbons (Fsp3) is 0.697. The number of sulfonamides is 1. The molecule has 3 rings (SSSR count). The molecule has 4 N–H and O–H groups in total. The standard InChI is InChI=1S/C33H52N2O9S3/c1-4-6-9-13-24(36)16-17-26-25(29(37)22-30(26)38)14-10-7-8-11-15-31(39)44-19-12-18-35-47(42,43)32-21-27-28(34-5-2)20-23(3)46(40,41)33(27)45-32/h7,10,16-18,21,23-26,28-30,34,36-38H,4-6,8-9,11-15,19-20,22H2,1-3H3/b10-7-,17-16+,35-18?/t23-,24-,25+,26+,28-,29-,30+/m0/s1. The number of ether oxygens (including phenoxy) is 1. The largest absolute Gasteiger partial charge is 0.465 e. The lowest BCUT2D eigenvalue weighted by molar-refractivity contribution is -0.143. The fourth-order valence-electron chi connectivity index (χ4n) is 6.06. The molecule has 14 heteroatoms. The van der Waals surface area contributed by atoms with Crippen molar-refractivity contribution in [1.29, 1.82) is 0 Å². The third-order valence-corrected chi connectivity index (χ3v) is 14.4. The Morgan fingerprint density at radius 2 is 1.91 bits per heavy atom. The van der Waals surface area contributed by atoms with E-state index in [0.29, 0.717) is 50.6 Å². The number of hydrogen-bond acceptors (Lipinski definition) is 11. The van der Waals surface area contributed by atoms with Crippen LogP contribution in [0.15, 0.2) is 43.2 Å². The number of unbranched alkanes of at least 4 members (excludes halogenated alkanes) is 3. The number of carbonyl (C=O) groups excluding carboxylic acids is 1. The van der Waals surface area contributed by atoms with E-state index in [9.17, 15) is 36.9 Å². The van der Waals surface area contributed by atoms with Gasteiger partial charge in [0.1, 0.15) is 8.42 Å². The van der Waals surface area contributed by atoms with Crippen molar-refractivity contribution in [3.8, 4) is 0 Å². The highest BCUT2D eigenvalue weighted by Crippen LogP contribution is 2.43. The van der Waals surface area contributed by atoms with Gasteiger partial charge >= 0.3 is 5.97 Å². The lowest BCUT2D eigenvalue weighted by Crippen LogP contribution is -2.33. The Hall–Kier alpha value is -1.94. The van der Waals surface area contributed by atoms with E-state index in [1.807, 2.05) is 25.2 Å². The van der Waals surface area contributed by atoms with Gasteiger partial charge in [-0.15, -0.1) is 11.3 Å². The van der Waals surface area contributed by atoms with E-state index in [4.69, 9.17) is 4.74 Å². The number of aliphatic hydroxyl groups excluding tert-OH is 3. The number of thiophene rings is 1. The molecule has 47 heavy (non-hydrogen) atoms. The molecular formula is C33H52N2O9S3. The summed E-state index contributed by atoms with van der Waals surface area (Å²) in [6, 6.07) is 1.15. The monoisotopic (exact) mass is 716 g/mol. The molecule has 0 amide bonds. The molecule has 1 saturated carbocycles. The average Bonchev–Trinajstić information content (AvgIpc) is 3.59. The molecule has 1 fully saturated rings. The summed E-state index contributed by atoms with van der Waals surface area (Å²) < 4.78 is 60.1. The Morgan fingerprint density at radius 3 is 2.64 bits per heavy atom. The first-order chi connectivity index (χ1) is 22.3. The molecule has 0 radical (unpaired) electrons. The van der Waals surface area contributed by atoms with Crippen molar-refractivity contribution in [3.63, 3.8) is 0 Å². The molecule has 7 atom stereocenters. The Balaban J connectivity index is 1.38. The van der Waals surface area contributed by atoms with Crippen LogP contribution in [0.2, 0.25) is 0 Å². The van der Waals surface area contributed by atoms with E-state index in [-0.39, 0.29) is 45.7 Å². The minimum Gasteiger partial charge on any atom is -0.465 e. The van der Waals surface area contributed by atoms with Gasteiger partial charge in [0.15, 0.2) is 9.84 Å². The zero-order valence-corrected chi connectivity index (χ0v) is 30.1. The molecule has 0 bridgehead atoms. The number of hydrogen-bond donors (Lipinski definition) is 4. The smallest absolute Gasteiger partial charge is 0.305 e. The highest BCUT2D eigenvalue weighted by Gasteiger charge is 2.40. The molecule has 0 saturated heterocycles. The predicted molar refractivity (Wildman–Crippen MR) is 184 cm³/mol. The van der Waals surface area contributed by atoms with Crippen molar-refractivity contribution in [3.05, 3.63) is 35.9 Å². The lowest BCUT2D eigenvalue weighted by atomic mass is 9.89. The van der Waals surface area contributed by atoms with Crippen molar-refractivity contribution in [2.24, 2.45) is 16.2 Å². The molecule has 0 unspecified atom stereocenters. The highest BCUT2D eigenvalue weighted by molar-refractivity contribution is 7.96. The minimum absolute atomic E-state index is 0.0346. The number of esters is 1. The van der Waals surface area contributed by atoms with Crippen LogP contribution in [0.1, 0.15) is 103 Å². The Bertz CT molecular complexity index is 1450. The Morgan fingerprint density at radius 1 is 1.15 bits per heavy atom. The summed E-state index contributed by atoms with van der Waals surface area (Å²) in [6.07, 6.45) is 13.3. The van der Waals surface area contributed by atoms with Crippen molar-refractivity contribution >= 4 is 43.4 Å². The summed E-state index contributed by atoms with van der Waals surface area (Å²) in [6.45, 7) is 6.22. The summed E-state index contributed by atoms with van der Waals surface area (Å²) in [5, 5.41) is 33.6. The molecule has 0 spiro atoms. The maximum atomic E-state index is 12.8. The van der Waals surface area contributed by atoms with E-state index in [0.717, 1.165) is 36.8 Å². The van der Waals surface area contributed by atoms with E-state index in [1.54, 1.807) is 13.0 Å². The van der Waals surface area contributed by atoms with Gasteiger partial charge in [-0.3, -0.25) is 4.79 Å². The summed E-state index contributed by atoms with van der Waals surface area (Å²) in [5.74, 6) is -0.783. The van der Waals surface area contributed by atoms with Crippen molar-refractivity contribution in [2.75, 3.05) is 13.2 Å². The van der Waals surface area contributed by atoms with Gasteiger partial charge in [0.05, 0.1) is 30.2 Å². The zero-order chi connectivity index (χ0) is 34.6. The van der Waals surface area contributed by atoms with Gasteiger partial charge in [0.25, 0.3) is 10.0 Å². The molecule has 1 aromatic rings. The maximum absolute atomic E-state index is 12.8. The van der Waals surface area contributed by atoms with E-state index in [2.05, 4.69) is 16.6 Å². The lowest BCUT2D eigenvalue weighted by Gasteiger charge is -2.27. The van der Waals surface area contributed by atoms with Crippen LogP contribution in [0.3, 0.4) is 0 Å². The normalized spacial score (nSPS) is 26.8. The van der Waals surface area contributed by atoms with Gasteiger partial charge in [-0.25, -0.2) is 8.42 Å². The number of nitrogens with one attached hydrogen (secondary N) is 1. The fourth-order valence-corrected chi connectivity index (χ4v) is 11.0. The van der Waals surface area contributed by atoms with Gasteiger partial charge in [-0.05, 0) is 57.6 Å². The average molecular weight is 717 g/mol. The molecule has 1 aromatic heterocycles. The number of nitrogens with zero attached hydrogens (tertiary/aromatic N) is 1. The summed E-state index contributed by atoms with van der Waals surface area (Å²) >= 11 is 0.723. The number of allylic oxidation sites excluding steroid dienone is 2. The van der Waals surface area contributed by atoms with Gasteiger partial charge < -0.3 is 25.4 Å². The van der Waals surface area contributed by atoms with Crippen LogP contribution < -0.4 is 5.32 Å². The predicted octanol–water partition coefficient (Wildman–Crippen LogP) is 4.63. The summed E-state index contributed by atoms with van der Waals surface area (Å²) in [4.78, 5) is 12.1. The Kier molecular flexibility index (Phi) is 15.7. The molecular weight excluding hydrogens is 665 g/mol. The number of aliphatic hydroxyl groups is 3. The number of carbonyl (C=O) groups is 1. The first-order valence-electron chi connectivity index (χ1n) is 16.7. The molecule has 11 nitrogen and oxygen atoms in total. The third-order valence-electron chi connectivity index (χ3n) is 8.76. The minimum atomic E-state index is -4.11. The van der Waals surface area contributed by atoms with Gasteiger partial charge in [-0.1, -0.05) is 57.4 Å². The van der Waals surface area contributed by atoms with Crippen LogP contribution in [0.25, 0.3) is 0 Å². The molecule has 0 aromatic carbocycles. The number of sulfone groups is 1. The number of fused-ring (bicyclic) bond motifs is 1. The Labute approximate surface area is 284 Å². The number of rotatable bonds is 19. The highest BCUT2D eigenvalue weighted by atomic mass is 32.3. The molecule has 1 aliphatic heterocycles. The first kappa shape index (κ1) is 39.5. The van der Waals surface area contributed by atoms with Gasteiger partial charge in [-0.2, -0.15) is 12.8 Å². The van der Waals surface area contributed by atoms with Crippen molar-refractivity contribution in [2.45, 2.75) is 129 Å². The van der Waals surface area contributed by atoms with Crippen LogP contribution in [0.4, 0.5) is 0 Å². The summed E-state index contributed by atoms with van der Waals surface area (Å²) in [5.41, 5.74) is 0.466. The van der Waals surface area contributed by atoms with Crippen molar-refractivity contribution < 1.29 is 41.7 Å². The molecule has 2 aliphatic rings. The quantitative estimate of drug-likeness (QED) is 0.0683.